The van der Waals surface area contributed by atoms with Crippen LogP contribution in [-0.4, -0.2) is 32.9 Å². The van der Waals surface area contributed by atoms with E-state index in [2.05, 4.69) is 35.8 Å². The summed E-state index contributed by atoms with van der Waals surface area (Å²) in [5, 5.41) is 8.48. The van der Waals surface area contributed by atoms with E-state index >= 15 is 0 Å². The Hall–Kier alpha value is -3.43. The molecule has 0 aliphatic carbocycles. The molecule has 2 heterocycles. The van der Waals surface area contributed by atoms with Crippen molar-refractivity contribution in [1.29, 1.82) is 0 Å². The number of halogens is 1. The largest absolute Gasteiger partial charge is 0.354 e. The molecular formula is C24H20BrN5O2S. The van der Waals surface area contributed by atoms with Gasteiger partial charge in [-0.1, -0.05) is 53.0 Å². The molecule has 2 aromatic carbocycles. The molecule has 0 bridgehead atoms. The number of nitrogens with zero attached hydrogens (tertiary/aromatic N) is 4. The zero-order valence-corrected chi connectivity index (χ0v) is 19.9. The van der Waals surface area contributed by atoms with Crippen molar-refractivity contribution in [1.82, 2.24) is 19.9 Å². The van der Waals surface area contributed by atoms with Crippen LogP contribution in [0.1, 0.15) is 27.8 Å². The third-order valence-corrected chi connectivity index (χ3v) is 6.12. The van der Waals surface area contributed by atoms with E-state index in [0.717, 1.165) is 17.1 Å². The van der Waals surface area contributed by atoms with Crippen molar-refractivity contribution in [2.45, 2.75) is 12.5 Å². The van der Waals surface area contributed by atoms with Gasteiger partial charge < -0.3 is 5.32 Å². The second-order valence-corrected chi connectivity index (χ2v) is 8.56. The van der Waals surface area contributed by atoms with Crippen LogP contribution in [0.3, 0.4) is 0 Å². The minimum atomic E-state index is -1.00. The molecule has 1 atom stereocenters. The molecule has 0 saturated heterocycles. The molecule has 0 saturated carbocycles. The van der Waals surface area contributed by atoms with Crippen LogP contribution in [0.2, 0.25) is 0 Å². The summed E-state index contributed by atoms with van der Waals surface area (Å²) in [6, 6.07) is 21.4. The van der Waals surface area contributed by atoms with Gasteiger partial charge in [-0.05, 0) is 63.7 Å². The maximum Gasteiger partial charge on any atom is 0.280 e. The van der Waals surface area contributed by atoms with Gasteiger partial charge in [0, 0.05) is 22.6 Å². The molecule has 1 N–H and O–H groups in total. The SMILES string of the molecule is O=C(NCCc1ccccc1)[C@H](c1ccccn1)N(C(=O)c1csnn1)c1ccccc1Br. The summed E-state index contributed by atoms with van der Waals surface area (Å²) in [6.45, 7) is 0.419. The lowest BCUT2D eigenvalue weighted by Gasteiger charge is -2.31. The number of rotatable bonds is 8. The minimum Gasteiger partial charge on any atom is -0.354 e. The van der Waals surface area contributed by atoms with Gasteiger partial charge in [0.1, 0.15) is 0 Å². The first kappa shape index (κ1) is 22.8. The van der Waals surface area contributed by atoms with E-state index in [9.17, 15) is 9.59 Å². The van der Waals surface area contributed by atoms with Gasteiger partial charge in [-0.15, -0.1) is 5.10 Å². The van der Waals surface area contributed by atoms with Gasteiger partial charge in [-0.2, -0.15) is 0 Å². The number of amides is 2. The second kappa shape index (κ2) is 10.9. The molecule has 0 unspecified atom stereocenters. The summed E-state index contributed by atoms with van der Waals surface area (Å²) in [5.41, 5.74) is 2.25. The van der Waals surface area contributed by atoms with Crippen LogP contribution in [0, 0.1) is 0 Å². The Balaban J connectivity index is 1.70. The van der Waals surface area contributed by atoms with Crippen LogP contribution in [-0.2, 0) is 11.2 Å². The van der Waals surface area contributed by atoms with Crippen LogP contribution >= 0.6 is 27.5 Å². The van der Waals surface area contributed by atoms with Crippen LogP contribution < -0.4 is 10.2 Å². The molecule has 9 heteroatoms. The van der Waals surface area contributed by atoms with E-state index in [0.29, 0.717) is 28.8 Å². The van der Waals surface area contributed by atoms with Gasteiger partial charge >= 0.3 is 0 Å². The third kappa shape index (κ3) is 5.50. The average Bonchev–Trinajstić information content (AvgIpc) is 3.39. The second-order valence-electron chi connectivity index (χ2n) is 7.10. The zero-order valence-electron chi connectivity index (χ0n) is 17.5. The van der Waals surface area contributed by atoms with Gasteiger partial charge in [0.15, 0.2) is 11.7 Å². The Bertz CT molecular complexity index is 1210. The highest BCUT2D eigenvalue weighted by molar-refractivity contribution is 9.10. The smallest absolute Gasteiger partial charge is 0.280 e. The molecule has 0 spiro atoms. The molecule has 4 aromatic rings. The summed E-state index contributed by atoms with van der Waals surface area (Å²) in [5.74, 6) is -0.776. The highest BCUT2D eigenvalue weighted by Gasteiger charge is 2.36. The fourth-order valence-electron chi connectivity index (χ4n) is 3.39. The van der Waals surface area contributed by atoms with Crippen molar-refractivity contribution in [3.05, 3.63) is 106 Å². The number of benzene rings is 2. The fourth-order valence-corrected chi connectivity index (χ4v) is 4.29. The topological polar surface area (TPSA) is 88.1 Å². The van der Waals surface area contributed by atoms with Crippen molar-refractivity contribution >= 4 is 45.0 Å². The molecule has 0 radical (unpaired) electrons. The maximum absolute atomic E-state index is 13.6. The summed E-state index contributed by atoms with van der Waals surface area (Å²) in [7, 11) is 0. The Morgan fingerprint density at radius 2 is 1.76 bits per heavy atom. The number of nitrogens with one attached hydrogen (secondary N) is 1. The summed E-state index contributed by atoms with van der Waals surface area (Å²) >= 11 is 4.60. The first-order valence-electron chi connectivity index (χ1n) is 10.2. The zero-order chi connectivity index (χ0) is 23.0. The molecule has 0 aliphatic rings. The van der Waals surface area contributed by atoms with Crippen molar-refractivity contribution in [3.63, 3.8) is 0 Å². The van der Waals surface area contributed by atoms with E-state index in [1.807, 2.05) is 48.5 Å². The summed E-state index contributed by atoms with van der Waals surface area (Å²) in [6.07, 6.45) is 2.27. The maximum atomic E-state index is 13.6. The minimum absolute atomic E-state index is 0.161. The van der Waals surface area contributed by atoms with Gasteiger partial charge in [0.05, 0.1) is 11.4 Å². The molecule has 33 heavy (non-hydrogen) atoms. The number of hydrogen-bond acceptors (Lipinski definition) is 6. The monoisotopic (exact) mass is 521 g/mol. The molecule has 0 aliphatic heterocycles. The predicted molar refractivity (Wildman–Crippen MR) is 131 cm³/mol. The van der Waals surface area contributed by atoms with E-state index in [1.165, 1.54) is 4.90 Å². The van der Waals surface area contributed by atoms with Gasteiger partial charge in [0.25, 0.3) is 5.91 Å². The fraction of sp³-hybridized carbons (Fsp3) is 0.125. The molecule has 7 nitrogen and oxygen atoms in total. The molecular weight excluding hydrogens is 502 g/mol. The number of anilines is 1. The van der Waals surface area contributed by atoms with Crippen LogP contribution in [0.4, 0.5) is 5.69 Å². The van der Waals surface area contributed by atoms with Crippen molar-refractivity contribution in [3.8, 4) is 0 Å². The predicted octanol–water partition coefficient (Wildman–Crippen LogP) is 4.44. The standard InChI is InChI=1S/C24H20BrN5O2S/c25-18-10-4-5-12-21(18)30(24(32)20-16-33-29-28-20)22(19-11-6-7-14-26-19)23(31)27-15-13-17-8-2-1-3-9-17/h1-12,14,16,22H,13,15H2,(H,27,31)/t22-/m0/s1. The lowest BCUT2D eigenvalue weighted by Crippen LogP contribution is -2.45. The highest BCUT2D eigenvalue weighted by atomic mass is 79.9. The highest BCUT2D eigenvalue weighted by Crippen LogP contribution is 2.34. The van der Waals surface area contributed by atoms with Crippen LogP contribution in [0.15, 0.2) is 88.8 Å². The first-order valence-corrected chi connectivity index (χ1v) is 11.9. The van der Waals surface area contributed by atoms with E-state index in [1.54, 1.807) is 35.8 Å². The van der Waals surface area contributed by atoms with Gasteiger partial charge in [-0.3, -0.25) is 19.5 Å². The average molecular weight is 522 g/mol. The lowest BCUT2D eigenvalue weighted by molar-refractivity contribution is -0.122. The van der Waals surface area contributed by atoms with E-state index < -0.39 is 11.9 Å². The van der Waals surface area contributed by atoms with Crippen molar-refractivity contribution in [2.24, 2.45) is 0 Å². The molecule has 2 aromatic heterocycles. The number of para-hydroxylation sites is 1. The van der Waals surface area contributed by atoms with E-state index in [4.69, 9.17) is 0 Å². The quantitative estimate of drug-likeness (QED) is 0.370. The Kier molecular flexibility index (Phi) is 7.54. The first-order chi connectivity index (χ1) is 16.1. The summed E-state index contributed by atoms with van der Waals surface area (Å²) < 4.78 is 4.48. The number of hydrogen-bond donors (Lipinski definition) is 1. The molecule has 166 valence electrons. The van der Waals surface area contributed by atoms with Crippen LogP contribution in [0.25, 0.3) is 0 Å². The molecule has 2 amide bonds. The van der Waals surface area contributed by atoms with Crippen LogP contribution in [0.5, 0.6) is 0 Å². The Labute approximate surface area is 203 Å². The third-order valence-electron chi connectivity index (χ3n) is 4.94. The number of carbonyl (C=O) groups is 2. The summed E-state index contributed by atoms with van der Waals surface area (Å²) in [4.78, 5) is 32.9. The Morgan fingerprint density at radius 1 is 1.00 bits per heavy atom. The lowest BCUT2D eigenvalue weighted by atomic mass is 10.1. The number of pyridine rings is 1. The molecule has 4 rings (SSSR count). The van der Waals surface area contributed by atoms with Crippen molar-refractivity contribution < 1.29 is 9.59 Å². The Morgan fingerprint density at radius 3 is 2.45 bits per heavy atom. The number of carbonyl (C=O) groups excluding carboxylic acids is 2. The molecule has 0 fully saturated rings. The van der Waals surface area contributed by atoms with Gasteiger partial charge in [0.2, 0.25) is 5.91 Å². The van der Waals surface area contributed by atoms with Crippen molar-refractivity contribution in [2.75, 3.05) is 11.4 Å². The normalized spacial score (nSPS) is 11.5. The van der Waals surface area contributed by atoms with Gasteiger partial charge in [-0.25, -0.2) is 0 Å². The van der Waals surface area contributed by atoms with E-state index in [-0.39, 0.29) is 11.6 Å². The number of aromatic nitrogens is 3.